The molecule has 4 nitrogen and oxygen atoms in total. The predicted molar refractivity (Wildman–Crippen MR) is 67.1 cm³/mol. The van der Waals surface area contributed by atoms with Crippen molar-refractivity contribution in [3.8, 4) is 6.07 Å². The third-order valence-electron chi connectivity index (χ3n) is 2.58. The number of aromatic nitrogens is 2. The number of anilines is 2. The molecule has 4 heteroatoms. The molecule has 0 atom stereocenters. The van der Waals surface area contributed by atoms with Crippen molar-refractivity contribution in [2.45, 2.75) is 20.4 Å². The number of hydrogen-bond acceptors (Lipinski definition) is 3. The van der Waals surface area contributed by atoms with Crippen molar-refractivity contribution >= 4 is 11.5 Å². The van der Waals surface area contributed by atoms with E-state index in [4.69, 9.17) is 5.26 Å². The standard InChI is InChI=1S/C13H14N4/c1-3-17-7-6-13(16-17)15-12-5-4-11(9-14)10(2)8-12/h4-8H,3H2,1-2H3,(H,15,16). The minimum Gasteiger partial charge on any atom is -0.339 e. The Balaban J connectivity index is 2.19. The van der Waals surface area contributed by atoms with E-state index in [0.29, 0.717) is 5.56 Å². The Hall–Kier alpha value is -2.28. The lowest BCUT2D eigenvalue weighted by atomic mass is 10.1. The molecule has 2 rings (SSSR count). The molecule has 0 bridgehead atoms. The van der Waals surface area contributed by atoms with E-state index in [1.165, 1.54) is 0 Å². The molecule has 1 N–H and O–H groups in total. The zero-order chi connectivity index (χ0) is 12.3. The molecule has 1 aromatic carbocycles. The van der Waals surface area contributed by atoms with Crippen LogP contribution < -0.4 is 5.32 Å². The Labute approximate surface area is 100 Å². The van der Waals surface area contributed by atoms with Crippen molar-refractivity contribution in [2.75, 3.05) is 5.32 Å². The smallest absolute Gasteiger partial charge is 0.152 e. The van der Waals surface area contributed by atoms with Crippen LogP contribution in [0.1, 0.15) is 18.1 Å². The summed E-state index contributed by atoms with van der Waals surface area (Å²) in [6.45, 7) is 4.82. The molecule has 0 radical (unpaired) electrons. The minimum absolute atomic E-state index is 0.703. The van der Waals surface area contributed by atoms with Gasteiger partial charge < -0.3 is 5.32 Å². The normalized spacial score (nSPS) is 9.94. The molecular formula is C13H14N4. The van der Waals surface area contributed by atoms with Gasteiger partial charge in [-0.05, 0) is 37.6 Å². The van der Waals surface area contributed by atoms with Gasteiger partial charge in [0.25, 0.3) is 0 Å². The average molecular weight is 226 g/mol. The number of nitriles is 1. The van der Waals surface area contributed by atoms with Crippen LogP contribution in [-0.4, -0.2) is 9.78 Å². The SMILES string of the molecule is CCn1ccc(Nc2ccc(C#N)c(C)c2)n1. The molecule has 0 aliphatic heterocycles. The number of nitrogens with zero attached hydrogens (tertiary/aromatic N) is 3. The van der Waals surface area contributed by atoms with E-state index < -0.39 is 0 Å². The summed E-state index contributed by atoms with van der Waals surface area (Å²) < 4.78 is 1.86. The van der Waals surface area contributed by atoms with Crippen molar-refractivity contribution in [3.63, 3.8) is 0 Å². The van der Waals surface area contributed by atoms with Crippen LogP contribution >= 0.6 is 0 Å². The molecule has 0 aliphatic rings. The first-order valence-corrected chi connectivity index (χ1v) is 5.54. The number of hydrogen-bond donors (Lipinski definition) is 1. The first-order valence-electron chi connectivity index (χ1n) is 5.54. The highest BCUT2D eigenvalue weighted by molar-refractivity contribution is 5.59. The van der Waals surface area contributed by atoms with E-state index in [9.17, 15) is 0 Å². The number of nitrogens with one attached hydrogen (secondary N) is 1. The zero-order valence-electron chi connectivity index (χ0n) is 9.94. The highest BCUT2D eigenvalue weighted by Gasteiger charge is 2.01. The second-order valence-corrected chi connectivity index (χ2v) is 3.82. The van der Waals surface area contributed by atoms with Gasteiger partial charge in [-0.3, -0.25) is 4.68 Å². The summed E-state index contributed by atoms with van der Waals surface area (Å²) in [5.74, 6) is 0.816. The van der Waals surface area contributed by atoms with Gasteiger partial charge >= 0.3 is 0 Å². The molecule has 0 unspecified atom stereocenters. The molecular weight excluding hydrogens is 212 g/mol. The fourth-order valence-electron chi connectivity index (χ4n) is 1.62. The summed E-state index contributed by atoms with van der Waals surface area (Å²) in [4.78, 5) is 0. The van der Waals surface area contributed by atoms with E-state index in [1.807, 2.05) is 49.0 Å². The van der Waals surface area contributed by atoms with Gasteiger partial charge in [0.15, 0.2) is 5.82 Å². The van der Waals surface area contributed by atoms with Gasteiger partial charge in [-0.1, -0.05) is 0 Å². The predicted octanol–water partition coefficient (Wildman–Crippen LogP) is 2.83. The third kappa shape index (κ3) is 2.45. The van der Waals surface area contributed by atoms with Gasteiger partial charge in [-0.25, -0.2) is 0 Å². The molecule has 1 aromatic heterocycles. The lowest BCUT2D eigenvalue weighted by Gasteiger charge is -2.05. The molecule has 0 amide bonds. The van der Waals surface area contributed by atoms with Crippen LogP contribution in [-0.2, 0) is 6.54 Å². The zero-order valence-corrected chi connectivity index (χ0v) is 9.94. The van der Waals surface area contributed by atoms with Gasteiger partial charge in [0.1, 0.15) is 0 Å². The molecule has 2 aromatic rings. The second kappa shape index (κ2) is 4.71. The van der Waals surface area contributed by atoms with Crippen molar-refractivity contribution < 1.29 is 0 Å². The summed E-state index contributed by atoms with van der Waals surface area (Å²) >= 11 is 0. The lowest BCUT2D eigenvalue weighted by molar-refractivity contribution is 0.662. The molecule has 0 fully saturated rings. The van der Waals surface area contributed by atoms with E-state index in [0.717, 1.165) is 23.6 Å². The topological polar surface area (TPSA) is 53.6 Å². The second-order valence-electron chi connectivity index (χ2n) is 3.82. The van der Waals surface area contributed by atoms with Crippen LogP contribution in [0, 0.1) is 18.3 Å². The fourth-order valence-corrected chi connectivity index (χ4v) is 1.62. The van der Waals surface area contributed by atoms with Gasteiger partial charge in [-0.2, -0.15) is 10.4 Å². The maximum absolute atomic E-state index is 8.85. The largest absolute Gasteiger partial charge is 0.339 e. The highest BCUT2D eigenvalue weighted by atomic mass is 15.3. The minimum atomic E-state index is 0.703. The Morgan fingerprint density at radius 1 is 1.41 bits per heavy atom. The molecule has 0 aliphatic carbocycles. The Morgan fingerprint density at radius 3 is 2.82 bits per heavy atom. The summed E-state index contributed by atoms with van der Waals surface area (Å²) in [6.07, 6.45) is 1.93. The maximum atomic E-state index is 8.85. The van der Waals surface area contributed by atoms with Crippen LogP contribution in [0.3, 0.4) is 0 Å². The van der Waals surface area contributed by atoms with Crippen molar-refractivity contribution in [2.24, 2.45) is 0 Å². The average Bonchev–Trinajstić information content (AvgIpc) is 2.77. The van der Waals surface area contributed by atoms with Crippen LogP contribution in [0.5, 0.6) is 0 Å². The molecule has 0 saturated heterocycles. The van der Waals surface area contributed by atoms with E-state index in [2.05, 4.69) is 16.5 Å². The highest BCUT2D eigenvalue weighted by Crippen LogP contribution is 2.18. The quantitative estimate of drug-likeness (QED) is 0.875. The van der Waals surface area contributed by atoms with Crippen LogP contribution in [0.2, 0.25) is 0 Å². The van der Waals surface area contributed by atoms with Gasteiger partial charge in [0.05, 0.1) is 11.6 Å². The first kappa shape index (κ1) is 11.2. The molecule has 0 spiro atoms. The summed E-state index contributed by atoms with van der Waals surface area (Å²) in [6, 6.07) is 9.73. The molecule has 1 heterocycles. The number of rotatable bonds is 3. The van der Waals surface area contributed by atoms with E-state index in [1.54, 1.807) is 0 Å². The van der Waals surface area contributed by atoms with Gasteiger partial charge in [-0.15, -0.1) is 0 Å². The fraction of sp³-hybridized carbons (Fsp3) is 0.231. The van der Waals surface area contributed by atoms with Crippen molar-refractivity contribution in [1.29, 1.82) is 5.26 Å². The van der Waals surface area contributed by atoms with Crippen molar-refractivity contribution in [3.05, 3.63) is 41.6 Å². The summed E-state index contributed by atoms with van der Waals surface area (Å²) in [5, 5.41) is 16.4. The number of benzene rings is 1. The maximum Gasteiger partial charge on any atom is 0.152 e. The Kier molecular flexibility index (Phi) is 3.10. The Morgan fingerprint density at radius 2 is 2.24 bits per heavy atom. The Bertz CT molecular complexity index is 563. The third-order valence-corrected chi connectivity index (χ3v) is 2.58. The van der Waals surface area contributed by atoms with E-state index >= 15 is 0 Å². The lowest BCUT2D eigenvalue weighted by Crippen LogP contribution is -1.97. The van der Waals surface area contributed by atoms with Gasteiger partial charge in [0, 0.05) is 24.5 Å². The number of aryl methyl sites for hydroxylation is 2. The summed E-state index contributed by atoms with van der Waals surface area (Å²) in [5.41, 5.74) is 2.62. The molecule has 17 heavy (non-hydrogen) atoms. The molecule has 0 saturated carbocycles. The van der Waals surface area contributed by atoms with Gasteiger partial charge in [0.2, 0.25) is 0 Å². The monoisotopic (exact) mass is 226 g/mol. The first-order chi connectivity index (χ1) is 8.22. The van der Waals surface area contributed by atoms with E-state index in [-0.39, 0.29) is 0 Å². The van der Waals surface area contributed by atoms with Crippen molar-refractivity contribution in [1.82, 2.24) is 9.78 Å². The van der Waals surface area contributed by atoms with Crippen LogP contribution in [0.15, 0.2) is 30.5 Å². The summed E-state index contributed by atoms with van der Waals surface area (Å²) in [7, 11) is 0. The van der Waals surface area contributed by atoms with Crippen LogP contribution in [0.4, 0.5) is 11.5 Å². The van der Waals surface area contributed by atoms with Crippen LogP contribution in [0.25, 0.3) is 0 Å². The molecule has 86 valence electrons.